The van der Waals surface area contributed by atoms with Gasteiger partial charge >= 0.3 is 0 Å². The van der Waals surface area contributed by atoms with E-state index in [-0.39, 0.29) is 34.9 Å². The van der Waals surface area contributed by atoms with Crippen molar-refractivity contribution in [2.24, 2.45) is 11.0 Å². The molecule has 2 aliphatic heterocycles. The number of nitro groups is 1. The Kier molecular flexibility index (Phi) is 5.38. The molecule has 2 aromatic carbocycles. The summed E-state index contributed by atoms with van der Waals surface area (Å²) in [7, 11) is 0. The number of benzene rings is 2. The minimum Gasteiger partial charge on any atom is -0.493 e. The maximum absolute atomic E-state index is 14.5. The molecule has 0 aliphatic carbocycles. The lowest BCUT2D eigenvalue weighted by Crippen LogP contribution is -2.51. The quantitative estimate of drug-likeness (QED) is 0.520. The van der Waals surface area contributed by atoms with Crippen LogP contribution in [0.2, 0.25) is 0 Å². The molecule has 0 unspecified atom stereocenters. The summed E-state index contributed by atoms with van der Waals surface area (Å²) < 4.78 is 48.2. The number of hydrogen-bond donors (Lipinski definition) is 0. The zero-order valence-corrected chi connectivity index (χ0v) is 17.0. The van der Waals surface area contributed by atoms with E-state index in [1.807, 2.05) is 0 Å². The molecule has 0 aromatic heterocycles. The molecule has 2 aromatic rings. The zero-order chi connectivity index (χ0) is 22.3. The molecular weight excluding hydrogens is 435 g/mol. The van der Waals surface area contributed by atoms with Crippen LogP contribution in [-0.2, 0) is 9.67 Å². The topological polar surface area (TPSA) is 85.0 Å². The Hall–Kier alpha value is -3.08. The van der Waals surface area contributed by atoms with Crippen molar-refractivity contribution in [3.63, 3.8) is 0 Å². The molecule has 0 fully saturated rings. The first-order chi connectivity index (χ1) is 14.7. The maximum Gasteiger partial charge on any atom is 0.241 e. The van der Waals surface area contributed by atoms with E-state index in [1.54, 1.807) is 0 Å². The number of hydrazone groups is 1. The lowest BCUT2D eigenvalue weighted by molar-refractivity contribution is -0.482. The van der Waals surface area contributed by atoms with Crippen molar-refractivity contribution in [3.05, 3.63) is 75.1 Å². The highest BCUT2D eigenvalue weighted by atomic mass is 32.2. The zero-order valence-electron chi connectivity index (χ0n) is 16.2. The lowest BCUT2D eigenvalue weighted by Gasteiger charge is -2.44. The standard InChI is InChI=1S/C20H16F3N3O4S/c1-11(27)26-20(31-19(24-26)15-8-13(21)2-4-17(15)23)12(6-7-25(28)29)10-30-18-5-3-14(22)9-16(18)20/h2-5,8-9,12H,6-7,10H2,1H3/t12-,20-/m0/s1. The van der Waals surface area contributed by atoms with Crippen molar-refractivity contribution < 1.29 is 27.6 Å². The fourth-order valence-corrected chi connectivity index (χ4v) is 5.41. The number of halogens is 3. The van der Waals surface area contributed by atoms with Crippen LogP contribution in [0.1, 0.15) is 24.5 Å². The van der Waals surface area contributed by atoms with E-state index >= 15 is 0 Å². The van der Waals surface area contributed by atoms with Gasteiger partial charge in [-0.2, -0.15) is 5.10 Å². The minimum absolute atomic E-state index is 0.00230. The number of amides is 1. The average molecular weight is 451 g/mol. The smallest absolute Gasteiger partial charge is 0.241 e. The molecule has 2 heterocycles. The summed E-state index contributed by atoms with van der Waals surface area (Å²) in [5, 5.41) is 16.4. The molecule has 2 atom stereocenters. The highest BCUT2D eigenvalue weighted by Crippen LogP contribution is 2.57. The van der Waals surface area contributed by atoms with Gasteiger partial charge in [0.1, 0.15) is 28.2 Å². The van der Waals surface area contributed by atoms with Crippen LogP contribution < -0.4 is 4.74 Å². The highest BCUT2D eigenvalue weighted by molar-refractivity contribution is 8.15. The van der Waals surface area contributed by atoms with Gasteiger partial charge in [0, 0.05) is 35.3 Å². The van der Waals surface area contributed by atoms with Gasteiger partial charge in [0.15, 0.2) is 4.87 Å². The van der Waals surface area contributed by atoms with Crippen LogP contribution in [0.5, 0.6) is 5.75 Å². The molecule has 2 aliphatic rings. The first kappa shape index (κ1) is 21.2. The summed E-state index contributed by atoms with van der Waals surface area (Å²) >= 11 is 0.937. The number of rotatable bonds is 4. The van der Waals surface area contributed by atoms with E-state index in [0.717, 1.165) is 35.0 Å². The van der Waals surface area contributed by atoms with E-state index in [2.05, 4.69) is 5.10 Å². The molecule has 7 nitrogen and oxygen atoms in total. The van der Waals surface area contributed by atoms with Gasteiger partial charge in [-0.05, 0) is 36.4 Å². The van der Waals surface area contributed by atoms with E-state index in [9.17, 15) is 28.1 Å². The van der Waals surface area contributed by atoms with E-state index in [4.69, 9.17) is 4.74 Å². The van der Waals surface area contributed by atoms with Crippen molar-refractivity contribution in [1.82, 2.24) is 5.01 Å². The first-order valence-corrected chi connectivity index (χ1v) is 10.1. The number of carbonyl (C=O) groups is 1. The van der Waals surface area contributed by atoms with Gasteiger partial charge in [0.25, 0.3) is 0 Å². The van der Waals surface area contributed by atoms with Gasteiger partial charge < -0.3 is 4.74 Å². The molecule has 0 radical (unpaired) electrons. The Morgan fingerprint density at radius 1 is 1.29 bits per heavy atom. The van der Waals surface area contributed by atoms with Gasteiger partial charge in [-0.3, -0.25) is 14.9 Å². The summed E-state index contributed by atoms with van der Waals surface area (Å²) in [6.07, 6.45) is -0.00579. The Morgan fingerprint density at radius 2 is 2.00 bits per heavy atom. The van der Waals surface area contributed by atoms with Crippen molar-refractivity contribution in [1.29, 1.82) is 0 Å². The van der Waals surface area contributed by atoms with Crippen LogP contribution in [0.3, 0.4) is 0 Å². The molecule has 162 valence electrons. The van der Waals surface area contributed by atoms with Gasteiger partial charge in [-0.15, -0.1) is 0 Å². The van der Waals surface area contributed by atoms with Crippen LogP contribution in [0.15, 0.2) is 41.5 Å². The van der Waals surface area contributed by atoms with Crippen molar-refractivity contribution in [2.45, 2.75) is 18.2 Å². The molecule has 0 bridgehead atoms. The Labute approximate surface area is 179 Å². The largest absolute Gasteiger partial charge is 0.493 e. The summed E-state index contributed by atoms with van der Waals surface area (Å²) in [5.74, 6) is -2.97. The molecule has 0 saturated carbocycles. The third kappa shape index (κ3) is 3.62. The van der Waals surface area contributed by atoms with E-state index < -0.39 is 45.6 Å². The number of fused-ring (bicyclic) bond motifs is 2. The second-order valence-electron chi connectivity index (χ2n) is 7.15. The number of ether oxygens (including phenoxy) is 1. The normalized spacial score (nSPS) is 22.1. The third-order valence-electron chi connectivity index (χ3n) is 5.20. The lowest BCUT2D eigenvalue weighted by atomic mass is 9.86. The summed E-state index contributed by atoms with van der Waals surface area (Å²) in [5.41, 5.74) is 0.0912. The van der Waals surface area contributed by atoms with Crippen molar-refractivity contribution >= 4 is 22.7 Å². The monoisotopic (exact) mass is 451 g/mol. The first-order valence-electron chi connectivity index (χ1n) is 9.31. The Morgan fingerprint density at radius 3 is 2.71 bits per heavy atom. The van der Waals surface area contributed by atoms with Crippen LogP contribution in [0, 0.1) is 33.5 Å². The summed E-state index contributed by atoms with van der Waals surface area (Å²) in [6.45, 7) is 0.809. The molecule has 1 amide bonds. The van der Waals surface area contributed by atoms with Gasteiger partial charge in [-0.25, -0.2) is 18.2 Å². The summed E-state index contributed by atoms with van der Waals surface area (Å²) in [4.78, 5) is 21.7. The number of hydrogen-bond acceptors (Lipinski definition) is 6. The van der Waals surface area contributed by atoms with Crippen LogP contribution in [0.25, 0.3) is 0 Å². The van der Waals surface area contributed by atoms with Crippen molar-refractivity contribution in [3.8, 4) is 5.75 Å². The summed E-state index contributed by atoms with van der Waals surface area (Å²) in [6, 6.07) is 6.62. The van der Waals surface area contributed by atoms with E-state index in [1.165, 1.54) is 25.1 Å². The number of thioether (sulfide) groups is 1. The predicted octanol–water partition coefficient (Wildman–Crippen LogP) is 3.89. The van der Waals surface area contributed by atoms with E-state index in [0.29, 0.717) is 0 Å². The highest BCUT2D eigenvalue weighted by Gasteiger charge is 2.57. The van der Waals surface area contributed by atoms with Crippen molar-refractivity contribution in [2.75, 3.05) is 13.2 Å². The molecule has 0 saturated heterocycles. The molecule has 0 N–H and O–H groups in total. The molecule has 11 heteroatoms. The molecule has 4 rings (SSSR count). The van der Waals surface area contributed by atoms with Gasteiger partial charge in [0.2, 0.25) is 12.5 Å². The number of nitrogens with zero attached hydrogens (tertiary/aromatic N) is 3. The predicted molar refractivity (Wildman–Crippen MR) is 107 cm³/mol. The third-order valence-corrected chi connectivity index (χ3v) is 6.73. The number of carbonyl (C=O) groups excluding carboxylic acids is 1. The Balaban J connectivity index is 1.89. The molecule has 1 spiro atoms. The minimum atomic E-state index is -1.41. The van der Waals surface area contributed by atoms with Crippen LogP contribution in [-0.4, -0.2) is 34.0 Å². The second-order valence-corrected chi connectivity index (χ2v) is 8.37. The fraction of sp³-hybridized carbons (Fsp3) is 0.300. The van der Waals surface area contributed by atoms with Crippen LogP contribution in [0.4, 0.5) is 13.2 Å². The SMILES string of the molecule is CC(=O)N1N=C(c2cc(F)ccc2F)S[C@@]12c1cc(F)ccc1OC[C@@H]2CC[N+](=O)[O-]. The Bertz CT molecular complexity index is 1110. The van der Waals surface area contributed by atoms with Gasteiger partial charge in [0.05, 0.1) is 6.61 Å². The second kappa shape index (κ2) is 7.88. The maximum atomic E-state index is 14.5. The molecular formula is C20H16F3N3O4S. The van der Waals surface area contributed by atoms with Crippen LogP contribution >= 0.6 is 11.8 Å². The average Bonchev–Trinajstić information content (AvgIpc) is 3.11. The fourth-order valence-electron chi connectivity index (χ4n) is 3.85. The molecule has 31 heavy (non-hydrogen) atoms. The van der Waals surface area contributed by atoms with Gasteiger partial charge in [-0.1, -0.05) is 11.8 Å².